The van der Waals surface area contributed by atoms with Gasteiger partial charge in [0.2, 0.25) is 0 Å². The Morgan fingerprint density at radius 2 is 2.20 bits per heavy atom. The number of ether oxygens (including phenoxy) is 1. The lowest BCUT2D eigenvalue weighted by Crippen LogP contribution is -3.07. The Bertz CT molecular complexity index is 683. The Morgan fingerprint density at radius 1 is 1.48 bits per heavy atom. The summed E-state index contributed by atoms with van der Waals surface area (Å²) in [5.74, 6) is 0. The third-order valence-corrected chi connectivity index (χ3v) is 4.68. The van der Waals surface area contributed by atoms with Crippen LogP contribution in [0.3, 0.4) is 0 Å². The van der Waals surface area contributed by atoms with Crippen LogP contribution in [-0.4, -0.2) is 51.4 Å². The van der Waals surface area contributed by atoms with E-state index in [4.69, 9.17) is 4.74 Å². The zero-order valence-corrected chi connectivity index (χ0v) is 16.8. The van der Waals surface area contributed by atoms with Gasteiger partial charge in [-0.05, 0) is 33.6 Å². The number of allylic oxidation sites excluding steroid dienone is 1. The van der Waals surface area contributed by atoms with Crippen LogP contribution in [0, 0.1) is 0 Å². The second-order valence-corrected chi connectivity index (χ2v) is 7.96. The average Bonchev–Trinajstić information content (AvgIpc) is 2.84. The summed E-state index contributed by atoms with van der Waals surface area (Å²) in [6, 6.07) is 0. The first-order valence-corrected chi connectivity index (χ1v) is 8.76. The van der Waals surface area contributed by atoms with E-state index in [-0.39, 0.29) is 19.0 Å². The number of rotatable bonds is 1. The minimum absolute atomic E-state index is 0. The molecule has 2 unspecified atom stereocenters. The molecule has 2 N–H and O–H groups in total. The van der Waals surface area contributed by atoms with Gasteiger partial charge in [-0.2, -0.15) is 4.99 Å². The largest absolute Gasteiger partial charge is 1.00 e. The molecule has 1 fully saturated rings. The Hall–Kier alpha value is -1.22. The molecule has 2 atom stereocenters. The van der Waals surface area contributed by atoms with Crippen molar-refractivity contribution in [1.82, 2.24) is 4.90 Å². The Morgan fingerprint density at radius 3 is 2.88 bits per heavy atom. The first kappa shape index (κ1) is 20.1. The van der Waals surface area contributed by atoms with Crippen molar-refractivity contribution in [3.05, 3.63) is 23.8 Å². The molecule has 0 aliphatic carbocycles. The summed E-state index contributed by atoms with van der Waals surface area (Å²) in [7, 11) is 0. The molecular weight excluding hydrogens is 412 g/mol. The number of amidine groups is 1. The van der Waals surface area contributed by atoms with E-state index in [0.717, 1.165) is 10.6 Å². The highest BCUT2D eigenvalue weighted by Crippen LogP contribution is 2.32. The number of piperidine rings is 1. The number of aliphatic imine (C=N–C) groups is 2. The van der Waals surface area contributed by atoms with Crippen LogP contribution in [0.4, 0.5) is 4.79 Å². The van der Waals surface area contributed by atoms with Gasteiger partial charge in [0.1, 0.15) is 23.1 Å². The second-order valence-electron chi connectivity index (χ2n) is 7.21. The summed E-state index contributed by atoms with van der Waals surface area (Å²) in [6.45, 7) is 6.22. The molecule has 1 saturated heterocycles. The third kappa shape index (κ3) is 4.13. The topological polar surface area (TPSA) is 78.9 Å². The predicted octanol–water partition coefficient (Wildman–Crippen LogP) is -1.83. The number of carbonyl (C=O) groups is 1. The highest BCUT2D eigenvalue weighted by Gasteiger charge is 2.46. The van der Waals surface area contributed by atoms with Crippen molar-refractivity contribution in [3.8, 4) is 0 Å². The molecule has 7 nitrogen and oxygen atoms in total. The number of aliphatic hydroxyl groups is 1. The normalized spacial score (nSPS) is 28.4. The third-order valence-electron chi connectivity index (χ3n) is 4.07. The van der Waals surface area contributed by atoms with Gasteiger partial charge in [-0.25, -0.2) is 9.69 Å². The summed E-state index contributed by atoms with van der Waals surface area (Å²) in [4.78, 5) is 23.5. The molecule has 3 aliphatic rings. The summed E-state index contributed by atoms with van der Waals surface area (Å²) in [6.07, 6.45) is 6.06. The van der Waals surface area contributed by atoms with Gasteiger partial charge in [-0.15, -0.1) is 0 Å². The number of carbonyl (C=O) groups excluding carboxylic acids is 1. The molecule has 0 aromatic heterocycles. The van der Waals surface area contributed by atoms with Crippen LogP contribution in [-0.2, 0) is 4.74 Å². The Labute approximate surface area is 161 Å². The quantitative estimate of drug-likeness (QED) is 0.478. The van der Waals surface area contributed by atoms with Crippen molar-refractivity contribution >= 4 is 33.0 Å². The maximum absolute atomic E-state index is 12.4. The zero-order valence-electron chi connectivity index (χ0n) is 14.4. The standard InChI is InChI=1S/C16H21BrN4O3.ClH/c1-15(2,3)24-14(22)20-7-4-5-16(23,10-20)12-11-9-18-6-8-21(11)13(17)19-12;/h6,8-9,23H,4-5,7,10H2,1-3H3;1H. The van der Waals surface area contributed by atoms with E-state index in [1.165, 1.54) is 0 Å². The summed E-state index contributed by atoms with van der Waals surface area (Å²) in [5.41, 5.74) is -0.406. The van der Waals surface area contributed by atoms with E-state index in [1.54, 1.807) is 17.3 Å². The van der Waals surface area contributed by atoms with Crippen LogP contribution in [0.5, 0.6) is 0 Å². The zero-order chi connectivity index (χ0) is 17.5. The van der Waals surface area contributed by atoms with Crippen LogP contribution in [0.25, 0.3) is 0 Å². The van der Waals surface area contributed by atoms with Crippen molar-refractivity contribution in [2.75, 3.05) is 13.1 Å². The van der Waals surface area contributed by atoms with Crippen LogP contribution in [0.2, 0.25) is 0 Å². The molecule has 3 aliphatic heterocycles. The van der Waals surface area contributed by atoms with E-state index in [0.29, 0.717) is 29.8 Å². The molecule has 0 bridgehead atoms. The van der Waals surface area contributed by atoms with Gasteiger partial charge in [0.05, 0.1) is 19.0 Å². The highest BCUT2D eigenvalue weighted by atomic mass is 79.9. The van der Waals surface area contributed by atoms with Gasteiger partial charge in [-0.1, -0.05) is 0 Å². The van der Waals surface area contributed by atoms with E-state index >= 15 is 0 Å². The fourth-order valence-electron chi connectivity index (χ4n) is 3.05. The Balaban J connectivity index is 0.00000225. The molecule has 3 heterocycles. The lowest BCUT2D eigenvalue weighted by molar-refractivity contribution is -0.685. The molecule has 138 valence electrons. The number of hydrogen-bond donors (Lipinski definition) is 2. The molecule has 0 saturated carbocycles. The van der Waals surface area contributed by atoms with E-state index < -0.39 is 17.3 Å². The minimum atomic E-state index is -1.21. The molecule has 0 radical (unpaired) electrons. The monoisotopic (exact) mass is 432 g/mol. The number of quaternary nitrogens is 1. The molecular formula is C16H22BrClN4O3. The van der Waals surface area contributed by atoms with Crippen molar-refractivity contribution in [2.45, 2.75) is 44.8 Å². The molecule has 3 rings (SSSR count). The molecule has 9 heteroatoms. The van der Waals surface area contributed by atoms with E-state index in [1.807, 2.05) is 27.0 Å². The molecule has 1 amide bonds. The summed E-state index contributed by atoms with van der Waals surface area (Å²) in [5, 5.41) is 11.2. The Kier molecular flexibility index (Phi) is 5.78. The van der Waals surface area contributed by atoms with Crippen molar-refractivity contribution in [2.24, 2.45) is 9.98 Å². The van der Waals surface area contributed by atoms with Crippen LogP contribution >= 0.6 is 15.9 Å². The predicted molar refractivity (Wildman–Crippen MR) is 94.0 cm³/mol. The molecule has 0 aromatic carbocycles. The van der Waals surface area contributed by atoms with Crippen molar-refractivity contribution < 1.29 is 31.9 Å². The number of β-amino-alcohol motifs (C(OH)–C–C–N with tert-alkyl or cyclic N) is 1. The van der Waals surface area contributed by atoms with Crippen LogP contribution < -0.4 is 17.3 Å². The van der Waals surface area contributed by atoms with Gasteiger partial charge in [-0.3, -0.25) is 4.99 Å². The lowest BCUT2D eigenvalue weighted by atomic mass is 9.88. The number of nitrogens with one attached hydrogen (secondary N) is 1. The lowest BCUT2D eigenvalue weighted by Gasteiger charge is -2.39. The molecule has 0 aromatic rings. The second kappa shape index (κ2) is 7.19. The van der Waals surface area contributed by atoms with Crippen molar-refractivity contribution in [3.63, 3.8) is 0 Å². The minimum Gasteiger partial charge on any atom is -1.00 e. The number of fused-ring (bicyclic) bond motifs is 1. The van der Waals surface area contributed by atoms with E-state index in [9.17, 15) is 9.90 Å². The van der Waals surface area contributed by atoms with Crippen LogP contribution in [0.1, 0.15) is 33.6 Å². The van der Waals surface area contributed by atoms with Gasteiger partial charge in [0.15, 0.2) is 5.70 Å². The smallest absolute Gasteiger partial charge is 0.410 e. The first-order valence-electron chi connectivity index (χ1n) is 7.96. The van der Waals surface area contributed by atoms with E-state index in [2.05, 4.69) is 25.9 Å². The maximum Gasteiger partial charge on any atom is 0.410 e. The summed E-state index contributed by atoms with van der Waals surface area (Å²) >= 11 is 3.44. The van der Waals surface area contributed by atoms with Crippen LogP contribution in [0.15, 0.2) is 33.8 Å². The maximum atomic E-state index is 12.4. The first-order chi connectivity index (χ1) is 11.2. The van der Waals surface area contributed by atoms with Gasteiger partial charge >= 0.3 is 6.09 Å². The highest BCUT2D eigenvalue weighted by molar-refractivity contribution is 9.18. The van der Waals surface area contributed by atoms with Crippen molar-refractivity contribution in [1.29, 1.82) is 0 Å². The number of likely N-dealkylation sites (tertiary alicyclic amines) is 1. The van der Waals surface area contributed by atoms with Gasteiger partial charge < -0.3 is 27.2 Å². The number of hydrogen-bond acceptors (Lipinski definition) is 5. The van der Waals surface area contributed by atoms with Gasteiger partial charge in [0, 0.05) is 22.5 Å². The SMILES string of the molecule is CC(C)(C)OC(=O)N1CCCC(O)(C2=C3C=NC=C[NH+]3C(Br)=N2)C1.[Cl-]. The average molecular weight is 434 g/mol. The fourth-order valence-corrected chi connectivity index (χ4v) is 3.57. The van der Waals surface area contributed by atoms with Gasteiger partial charge in [0.25, 0.3) is 4.74 Å². The molecule has 25 heavy (non-hydrogen) atoms. The number of amides is 1. The number of nitrogens with zero attached hydrogens (tertiary/aromatic N) is 3. The summed E-state index contributed by atoms with van der Waals surface area (Å²) < 4.78 is 6.11. The fraction of sp³-hybridized carbons (Fsp3) is 0.562. The molecule has 0 spiro atoms. The number of halogens is 2.